The number of nitrogens with zero attached hydrogens (tertiary/aromatic N) is 2. The lowest BCUT2D eigenvalue weighted by molar-refractivity contribution is -0.124. The van der Waals surface area contributed by atoms with Gasteiger partial charge in [0.1, 0.15) is 0 Å². The van der Waals surface area contributed by atoms with Gasteiger partial charge in [0.2, 0.25) is 0 Å². The molecular weight excluding hydrogens is 444 g/mol. The summed E-state index contributed by atoms with van der Waals surface area (Å²) in [5.74, 6) is -0.286. The van der Waals surface area contributed by atoms with E-state index < -0.39 is 0 Å². The molecule has 0 unspecified atom stereocenters. The van der Waals surface area contributed by atoms with Crippen LogP contribution in [-0.4, -0.2) is 21.6 Å². The van der Waals surface area contributed by atoms with Crippen LogP contribution in [0.25, 0.3) is 11.4 Å². The third kappa shape index (κ3) is 3.73. The summed E-state index contributed by atoms with van der Waals surface area (Å²) in [6.45, 7) is 0.788. The van der Waals surface area contributed by atoms with Crippen molar-refractivity contribution in [1.82, 2.24) is 9.80 Å². The maximum atomic E-state index is 14.1. The fourth-order valence-electron chi connectivity index (χ4n) is 5.02. The van der Waals surface area contributed by atoms with Crippen molar-refractivity contribution in [2.24, 2.45) is 0 Å². The lowest BCUT2D eigenvalue weighted by Crippen LogP contribution is -2.29. The average Bonchev–Trinajstić information content (AvgIpc) is 3.37. The van der Waals surface area contributed by atoms with Gasteiger partial charge in [0.05, 0.1) is 35.6 Å². The normalized spacial score (nSPS) is 15.2. The van der Waals surface area contributed by atoms with Crippen molar-refractivity contribution in [2.75, 3.05) is 0 Å². The Morgan fingerprint density at radius 1 is 0.417 bits per heavy atom. The van der Waals surface area contributed by atoms with Crippen LogP contribution in [0.1, 0.15) is 22.3 Å². The predicted molar refractivity (Wildman–Crippen MR) is 141 cm³/mol. The highest BCUT2D eigenvalue weighted by Crippen LogP contribution is 2.47. The molecule has 0 bridgehead atoms. The van der Waals surface area contributed by atoms with E-state index in [1.54, 1.807) is 9.80 Å². The first-order chi connectivity index (χ1) is 17.7. The SMILES string of the molecule is O=C1C2=C(c3ccccc3)N(Cc3ccccc3)C(=O)C2=C(c2ccccc2)N1Cc1ccccc1. The maximum Gasteiger partial charge on any atom is 0.261 e. The summed E-state index contributed by atoms with van der Waals surface area (Å²) in [6, 6.07) is 39.3. The van der Waals surface area contributed by atoms with Crippen molar-refractivity contribution < 1.29 is 9.59 Å². The van der Waals surface area contributed by atoms with E-state index in [1.165, 1.54) is 0 Å². The Morgan fingerprint density at radius 2 is 0.722 bits per heavy atom. The monoisotopic (exact) mass is 468 g/mol. The number of fused-ring (bicyclic) bond motifs is 1. The lowest BCUT2D eigenvalue weighted by atomic mass is 10.0. The van der Waals surface area contributed by atoms with Crippen LogP contribution in [0.2, 0.25) is 0 Å². The molecule has 2 heterocycles. The van der Waals surface area contributed by atoms with E-state index in [2.05, 4.69) is 0 Å². The smallest absolute Gasteiger partial charge is 0.261 e. The Balaban J connectivity index is 1.56. The van der Waals surface area contributed by atoms with Gasteiger partial charge >= 0.3 is 0 Å². The van der Waals surface area contributed by atoms with Crippen molar-refractivity contribution in [2.45, 2.75) is 13.1 Å². The molecule has 2 amide bonds. The molecule has 0 spiro atoms. The van der Waals surface area contributed by atoms with Crippen molar-refractivity contribution in [3.63, 3.8) is 0 Å². The van der Waals surface area contributed by atoms with Crippen LogP contribution in [0.3, 0.4) is 0 Å². The summed E-state index contributed by atoms with van der Waals surface area (Å²) in [6.07, 6.45) is 0. The van der Waals surface area contributed by atoms with Gasteiger partial charge in [0, 0.05) is 0 Å². The molecule has 4 heteroatoms. The average molecular weight is 469 g/mol. The number of hydrogen-bond donors (Lipinski definition) is 0. The van der Waals surface area contributed by atoms with Gasteiger partial charge in [-0.05, 0) is 22.3 Å². The Hall–Kier alpha value is -4.70. The molecule has 0 aliphatic carbocycles. The second kappa shape index (κ2) is 9.16. The highest BCUT2D eigenvalue weighted by molar-refractivity contribution is 6.30. The van der Waals surface area contributed by atoms with E-state index in [4.69, 9.17) is 0 Å². The first-order valence-corrected chi connectivity index (χ1v) is 12.0. The lowest BCUT2D eigenvalue weighted by Gasteiger charge is -2.25. The van der Waals surface area contributed by atoms with Gasteiger partial charge in [-0.15, -0.1) is 0 Å². The molecule has 0 N–H and O–H groups in total. The fraction of sp³-hybridized carbons (Fsp3) is 0.0625. The van der Waals surface area contributed by atoms with Gasteiger partial charge in [-0.3, -0.25) is 9.59 Å². The molecule has 2 aliphatic heterocycles. The zero-order valence-electron chi connectivity index (χ0n) is 19.7. The summed E-state index contributed by atoms with van der Waals surface area (Å²) in [4.78, 5) is 31.8. The highest BCUT2D eigenvalue weighted by atomic mass is 16.2. The van der Waals surface area contributed by atoms with Crippen molar-refractivity contribution in [3.8, 4) is 0 Å². The van der Waals surface area contributed by atoms with Crippen LogP contribution < -0.4 is 0 Å². The van der Waals surface area contributed by atoms with E-state index in [0.717, 1.165) is 22.3 Å². The maximum absolute atomic E-state index is 14.1. The van der Waals surface area contributed by atoms with Gasteiger partial charge in [-0.2, -0.15) is 0 Å². The Bertz CT molecular complexity index is 1370. The highest BCUT2D eigenvalue weighted by Gasteiger charge is 2.48. The van der Waals surface area contributed by atoms with Crippen LogP contribution in [0.4, 0.5) is 0 Å². The molecule has 36 heavy (non-hydrogen) atoms. The first kappa shape index (κ1) is 21.8. The Labute approximate surface area is 210 Å². The quantitative estimate of drug-likeness (QED) is 0.354. The molecule has 0 saturated carbocycles. The molecule has 0 fully saturated rings. The minimum Gasteiger partial charge on any atom is -0.302 e. The zero-order valence-corrected chi connectivity index (χ0v) is 19.7. The summed E-state index contributed by atoms with van der Waals surface area (Å²) in [5, 5.41) is 0. The van der Waals surface area contributed by atoms with E-state index in [-0.39, 0.29) is 11.8 Å². The summed E-state index contributed by atoms with van der Waals surface area (Å²) >= 11 is 0. The topological polar surface area (TPSA) is 40.6 Å². The number of hydrogen-bond acceptors (Lipinski definition) is 2. The fourth-order valence-corrected chi connectivity index (χ4v) is 5.02. The molecule has 4 aromatic rings. The van der Waals surface area contributed by atoms with E-state index >= 15 is 0 Å². The van der Waals surface area contributed by atoms with E-state index in [1.807, 2.05) is 121 Å². The first-order valence-electron chi connectivity index (χ1n) is 12.0. The third-order valence-electron chi connectivity index (χ3n) is 6.64. The number of carbonyl (C=O) groups excluding carboxylic acids is 2. The van der Waals surface area contributed by atoms with Crippen LogP contribution >= 0.6 is 0 Å². The third-order valence-corrected chi connectivity index (χ3v) is 6.64. The number of amides is 2. The number of carbonyl (C=O) groups is 2. The molecule has 2 aliphatic rings. The van der Waals surface area contributed by atoms with Gasteiger partial charge < -0.3 is 9.80 Å². The molecule has 174 valence electrons. The minimum atomic E-state index is -0.143. The van der Waals surface area contributed by atoms with Crippen molar-refractivity contribution in [3.05, 3.63) is 155 Å². The molecular formula is C32H24N2O2. The van der Waals surface area contributed by atoms with Gasteiger partial charge in [-0.1, -0.05) is 121 Å². The molecule has 0 aromatic heterocycles. The van der Waals surface area contributed by atoms with Crippen LogP contribution in [0.5, 0.6) is 0 Å². The van der Waals surface area contributed by atoms with Crippen LogP contribution in [0, 0.1) is 0 Å². The standard InChI is InChI=1S/C32H24N2O2/c35-31-28-27(29(25-17-9-3-10-18-25)33(31)21-23-13-5-1-6-14-23)32(36)34(22-24-15-7-2-8-16-24)30(28)26-19-11-4-12-20-26/h1-20H,21-22H2. The van der Waals surface area contributed by atoms with Crippen molar-refractivity contribution >= 4 is 23.2 Å². The molecule has 6 rings (SSSR count). The Morgan fingerprint density at radius 3 is 1.06 bits per heavy atom. The molecule has 4 nitrogen and oxygen atoms in total. The Kier molecular flexibility index (Phi) is 5.55. The van der Waals surface area contributed by atoms with Gasteiger partial charge in [0.15, 0.2) is 0 Å². The second-order valence-corrected chi connectivity index (χ2v) is 8.93. The predicted octanol–water partition coefficient (Wildman–Crippen LogP) is 5.89. The van der Waals surface area contributed by atoms with Crippen LogP contribution in [-0.2, 0) is 22.7 Å². The van der Waals surface area contributed by atoms with Gasteiger partial charge in [0.25, 0.3) is 11.8 Å². The number of rotatable bonds is 6. The molecule has 0 atom stereocenters. The molecule has 0 saturated heterocycles. The van der Waals surface area contributed by atoms with E-state index in [9.17, 15) is 9.59 Å². The molecule has 0 radical (unpaired) electrons. The van der Waals surface area contributed by atoms with E-state index in [0.29, 0.717) is 35.6 Å². The number of benzene rings is 4. The minimum absolute atomic E-state index is 0.143. The summed E-state index contributed by atoms with van der Waals surface area (Å²) in [5.41, 5.74) is 6.05. The summed E-state index contributed by atoms with van der Waals surface area (Å²) < 4.78 is 0. The largest absolute Gasteiger partial charge is 0.302 e. The summed E-state index contributed by atoms with van der Waals surface area (Å²) in [7, 11) is 0. The second-order valence-electron chi connectivity index (χ2n) is 8.93. The van der Waals surface area contributed by atoms with Gasteiger partial charge in [-0.25, -0.2) is 0 Å². The molecule has 4 aromatic carbocycles. The van der Waals surface area contributed by atoms with Crippen molar-refractivity contribution in [1.29, 1.82) is 0 Å². The zero-order chi connectivity index (χ0) is 24.5. The van der Waals surface area contributed by atoms with Crippen LogP contribution in [0.15, 0.2) is 132 Å².